The van der Waals surface area contributed by atoms with E-state index >= 15 is 0 Å². The molecule has 128 valence electrons. The molecule has 0 aliphatic rings. The van der Waals surface area contributed by atoms with Crippen molar-refractivity contribution in [3.05, 3.63) is 52.0 Å². The third-order valence-electron chi connectivity index (χ3n) is 3.53. The van der Waals surface area contributed by atoms with E-state index in [1.165, 1.54) is 0 Å². The summed E-state index contributed by atoms with van der Waals surface area (Å²) in [7, 11) is 1.55. The first-order chi connectivity index (χ1) is 11.5. The van der Waals surface area contributed by atoms with E-state index in [0.29, 0.717) is 29.7 Å². The second kappa shape index (κ2) is 7.93. The largest absolute Gasteiger partial charge is 0.491 e. The maximum absolute atomic E-state index is 11.0. The first-order valence-electron chi connectivity index (χ1n) is 7.53. The molecule has 6 heteroatoms. The zero-order chi connectivity index (χ0) is 17.7. The van der Waals surface area contributed by atoms with Crippen LogP contribution >= 0.6 is 11.6 Å². The van der Waals surface area contributed by atoms with E-state index < -0.39 is 5.97 Å². The Morgan fingerprint density at radius 2 is 2.04 bits per heavy atom. The van der Waals surface area contributed by atoms with Crippen molar-refractivity contribution < 1.29 is 19.4 Å². The van der Waals surface area contributed by atoms with Gasteiger partial charge in [-0.25, -0.2) is 4.79 Å². The van der Waals surface area contributed by atoms with Crippen molar-refractivity contribution in [2.75, 3.05) is 19.0 Å². The molecule has 0 fully saturated rings. The number of carbonyl (C=O) groups is 1. The molecule has 2 aromatic carbocycles. The maximum atomic E-state index is 11.0. The Labute approximate surface area is 146 Å². The molecule has 2 N–H and O–H groups in total. The van der Waals surface area contributed by atoms with Gasteiger partial charge in [0.15, 0.2) is 11.5 Å². The Bertz CT molecular complexity index is 746. The van der Waals surface area contributed by atoms with Gasteiger partial charge in [0.2, 0.25) is 0 Å². The fourth-order valence-electron chi connectivity index (χ4n) is 2.38. The monoisotopic (exact) mass is 349 g/mol. The Morgan fingerprint density at radius 1 is 1.29 bits per heavy atom. The van der Waals surface area contributed by atoms with Gasteiger partial charge < -0.3 is 19.9 Å². The first kappa shape index (κ1) is 17.9. The molecule has 0 saturated carbocycles. The van der Waals surface area contributed by atoms with Crippen molar-refractivity contribution in [2.24, 2.45) is 0 Å². The van der Waals surface area contributed by atoms with Crippen LogP contribution in [0.4, 0.5) is 5.69 Å². The quantitative estimate of drug-likeness (QED) is 0.777. The number of hydrogen-bond acceptors (Lipinski definition) is 4. The second-order valence-corrected chi connectivity index (χ2v) is 5.64. The average Bonchev–Trinajstić information content (AvgIpc) is 2.53. The molecule has 5 nitrogen and oxygen atoms in total. The van der Waals surface area contributed by atoms with E-state index in [0.717, 1.165) is 16.8 Å². The number of aromatic carboxylic acids is 1. The third kappa shape index (κ3) is 4.11. The molecule has 0 atom stereocenters. The van der Waals surface area contributed by atoms with Crippen LogP contribution in [0.15, 0.2) is 30.3 Å². The van der Waals surface area contributed by atoms with Gasteiger partial charge in [-0.05, 0) is 55.3 Å². The van der Waals surface area contributed by atoms with E-state index in [4.69, 9.17) is 26.2 Å². The number of methoxy groups -OCH3 is 1. The minimum absolute atomic E-state index is 0.268. The predicted molar refractivity (Wildman–Crippen MR) is 94.6 cm³/mol. The lowest BCUT2D eigenvalue weighted by Crippen LogP contribution is -2.04. The van der Waals surface area contributed by atoms with Crippen molar-refractivity contribution in [3.8, 4) is 11.5 Å². The van der Waals surface area contributed by atoms with Gasteiger partial charge in [0.25, 0.3) is 0 Å². The van der Waals surface area contributed by atoms with Crippen LogP contribution in [0.5, 0.6) is 11.5 Å². The number of carboxylic acid groups (broad SMARTS) is 1. The van der Waals surface area contributed by atoms with E-state index in [1.54, 1.807) is 25.3 Å². The molecule has 2 rings (SSSR count). The Hall–Kier alpha value is -2.40. The summed E-state index contributed by atoms with van der Waals surface area (Å²) in [5.41, 5.74) is 2.93. The van der Waals surface area contributed by atoms with Gasteiger partial charge in [-0.15, -0.1) is 0 Å². The number of halogens is 1. The SMILES string of the molecule is CCOc1cc(CNc2ccc(C(=O)O)cc2C)cc(Cl)c1OC. The van der Waals surface area contributed by atoms with Crippen LogP contribution in [0.25, 0.3) is 0 Å². The number of benzene rings is 2. The number of anilines is 1. The van der Waals surface area contributed by atoms with Crippen LogP contribution < -0.4 is 14.8 Å². The van der Waals surface area contributed by atoms with Gasteiger partial charge in [0.1, 0.15) is 0 Å². The molecule has 0 heterocycles. The predicted octanol–water partition coefficient (Wildman–Crippen LogP) is 4.37. The normalized spacial score (nSPS) is 10.3. The zero-order valence-electron chi connectivity index (χ0n) is 13.9. The van der Waals surface area contributed by atoms with Crippen LogP contribution in [0.2, 0.25) is 5.02 Å². The van der Waals surface area contributed by atoms with Gasteiger partial charge in [-0.2, -0.15) is 0 Å². The van der Waals surface area contributed by atoms with Crippen molar-refractivity contribution >= 4 is 23.3 Å². The number of nitrogens with one attached hydrogen (secondary N) is 1. The molecule has 0 spiro atoms. The van der Waals surface area contributed by atoms with E-state index in [9.17, 15) is 4.79 Å². The van der Waals surface area contributed by atoms with Crippen LogP contribution in [0.3, 0.4) is 0 Å². The Kier molecular flexibility index (Phi) is 5.93. The molecule has 0 amide bonds. The minimum atomic E-state index is -0.937. The van der Waals surface area contributed by atoms with Gasteiger partial charge in [0.05, 0.1) is 24.3 Å². The number of ether oxygens (including phenoxy) is 2. The van der Waals surface area contributed by atoms with Gasteiger partial charge in [0, 0.05) is 12.2 Å². The van der Waals surface area contributed by atoms with Crippen molar-refractivity contribution in [3.63, 3.8) is 0 Å². The van der Waals surface area contributed by atoms with Crippen LogP contribution in [-0.2, 0) is 6.54 Å². The molecule has 2 aromatic rings. The highest BCUT2D eigenvalue weighted by Gasteiger charge is 2.12. The lowest BCUT2D eigenvalue weighted by molar-refractivity contribution is 0.0697. The summed E-state index contributed by atoms with van der Waals surface area (Å²) in [5, 5.41) is 12.8. The van der Waals surface area contributed by atoms with Crippen LogP contribution in [0.1, 0.15) is 28.4 Å². The van der Waals surface area contributed by atoms with E-state index in [2.05, 4.69) is 5.32 Å². The molecular weight excluding hydrogens is 330 g/mol. The summed E-state index contributed by atoms with van der Waals surface area (Å²) in [6.07, 6.45) is 0. The molecule has 24 heavy (non-hydrogen) atoms. The third-order valence-corrected chi connectivity index (χ3v) is 3.81. The van der Waals surface area contributed by atoms with Gasteiger partial charge in [-0.1, -0.05) is 11.6 Å². The summed E-state index contributed by atoms with van der Waals surface area (Å²) in [5.74, 6) is 0.180. The number of aryl methyl sites for hydroxylation is 1. The van der Waals surface area contributed by atoms with Crippen molar-refractivity contribution in [1.82, 2.24) is 0 Å². The highest BCUT2D eigenvalue weighted by Crippen LogP contribution is 2.36. The number of rotatable bonds is 7. The van der Waals surface area contributed by atoms with E-state index in [1.807, 2.05) is 26.0 Å². The fourth-order valence-corrected chi connectivity index (χ4v) is 2.69. The molecule has 0 bridgehead atoms. The average molecular weight is 350 g/mol. The standard InChI is InChI=1S/C18H20ClNO4/c1-4-24-16-9-12(8-14(19)17(16)23-3)10-20-15-6-5-13(18(21)22)7-11(15)2/h5-9,20H,4,10H2,1-3H3,(H,21,22). The Balaban J connectivity index is 2.18. The highest BCUT2D eigenvalue weighted by atomic mass is 35.5. The lowest BCUT2D eigenvalue weighted by atomic mass is 10.1. The fraction of sp³-hybridized carbons (Fsp3) is 0.278. The second-order valence-electron chi connectivity index (χ2n) is 5.23. The maximum Gasteiger partial charge on any atom is 0.335 e. The molecule has 0 aliphatic heterocycles. The summed E-state index contributed by atoms with van der Waals surface area (Å²) in [6.45, 7) is 4.80. The Morgan fingerprint density at radius 3 is 2.62 bits per heavy atom. The number of carboxylic acids is 1. The first-order valence-corrected chi connectivity index (χ1v) is 7.91. The minimum Gasteiger partial charge on any atom is -0.491 e. The lowest BCUT2D eigenvalue weighted by Gasteiger charge is -2.15. The summed E-state index contributed by atoms with van der Waals surface area (Å²) in [6, 6.07) is 8.66. The number of hydrogen-bond donors (Lipinski definition) is 2. The molecule has 0 radical (unpaired) electrons. The highest BCUT2D eigenvalue weighted by molar-refractivity contribution is 6.32. The summed E-state index contributed by atoms with van der Waals surface area (Å²) < 4.78 is 10.8. The van der Waals surface area contributed by atoms with Gasteiger partial charge in [-0.3, -0.25) is 0 Å². The van der Waals surface area contributed by atoms with Crippen LogP contribution in [-0.4, -0.2) is 24.8 Å². The summed E-state index contributed by atoms with van der Waals surface area (Å²) in [4.78, 5) is 11.0. The van der Waals surface area contributed by atoms with E-state index in [-0.39, 0.29) is 5.56 Å². The molecule has 0 unspecified atom stereocenters. The smallest absolute Gasteiger partial charge is 0.335 e. The molecule has 0 aliphatic carbocycles. The topological polar surface area (TPSA) is 67.8 Å². The molecule has 0 saturated heterocycles. The van der Waals surface area contributed by atoms with Crippen molar-refractivity contribution in [1.29, 1.82) is 0 Å². The molecular formula is C18H20ClNO4. The zero-order valence-corrected chi connectivity index (χ0v) is 14.6. The molecule has 0 aromatic heterocycles. The van der Waals surface area contributed by atoms with Crippen molar-refractivity contribution in [2.45, 2.75) is 20.4 Å². The summed E-state index contributed by atoms with van der Waals surface area (Å²) >= 11 is 6.24. The van der Waals surface area contributed by atoms with Crippen LogP contribution in [0, 0.1) is 6.92 Å². The van der Waals surface area contributed by atoms with Gasteiger partial charge >= 0.3 is 5.97 Å².